The minimum Gasteiger partial charge on any atom is -0.301 e. The van der Waals surface area contributed by atoms with Crippen molar-refractivity contribution in [3.63, 3.8) is 0 Å². The normalized spacial score (nSPS) is 11.2. The molecule has 5 rings (SSSR count). The molecule has 5 aromatic rings. The number of benzene rings is 3. The van der Waals surface area contributed by atoms with Gasteiger partial charge in [-0.15, -0.1) is 5.10 Å². The SMILES string of the molecule is Cc1c(Cc2cccc3ccccc23)nc(SCc2cn(Cc3ccc(F)cc3)nn2)[nH]c1=O. The maximum Gasteiger partial charge on any atom is 0.254 e. The average molecular weight is 472 g/mol. The van der Waals surface area contributed by atoms with Crippen molar-refractivity contribution < 1.29 is 4.39 Å². The van der Waals surface area contributed by atoms with E-state index >= 15 is 0 Å². The lowest BCUT2D eigenvalue weighted by Gasteiger charge is -2.09. The lowest BCUT2D eigenvalue weighted by atomic mass is 9.99. The molecule has 170 valence electrons. The van der Waals surface area contributed by atoms with Gasteiger partial charge in [-0.1, -0.05) is 71.6 Å². The second-order valence-corrected chi connectivity index (χ2v) is 9.04. The number of H-pyrrole nitrogens is 1. The van der Waals surface area contributed by atoms with Crippen molar-refractivity contribution >= 4 is 22.5 Å². The van der Waals surface area contributed by atoms with Crippen LogP contribution in [0.25, 0.3) is 10.8 Å². The molecule has 34 heavy (non-hydrogen) atoms. The Kier molecular flexibility index (Phi) is 6.22. The van der Waals surface area contributed by atoms with Crippen LogP contribution in [0.15, 0.2) is 82.9 Å². The minimum atomic E-state index is -0.265. The molecular formula is C26H22FN5OS. The van der Waals surface area contributed by atoms with Gasteiger partial charge in [-0.2, -0.15) is 0 Å². The van der Waals surface area contributed by atoms with Gasteiger partial charge in [-0.3, -0.25) is 4.79 Å². The van der Waals surface area contributed by atoms with Crippen molar-refractivity contribution in [1.82, 2.24) is 25.0 Å². The minimum absolute atomic E-state index is 0.132. The Balaban J connectivity index is 1.31. The van der Waals surface area contributed by atoms with Crippen LogP contribution in [0.2, 0.25) is 0 Å². The van der Waals surface area contributed by atoms with Crippen LogP contribution in [0, 0.1) is 12.7 Å². The molecule has 0 aliphatic rings. The highest BCUT2D eigenvalue weighted by Crippen LogP contribution is 2.23. The highest BCUT2D eigenvalue weighted by molar-refractivity contribution is 7.98. The first-order chi connectivity index (χ1) is 16.5. The van der Waals surface area contributed by atoms with E-state index in [-0.39, 0.29) is 11.4 Å². The fourth-order valence-electron chi connectivity index (χ4n) is 3.82. The molecular weight excluding hydrogens is 449 g/mol. The highest BCUT2D eigenvalue weighted by atomic mass is 32.2. The predicted molar refractivity (Wildman–Crippen MR) is 131 cm³/mol. The second kappa shape index (κ2) is 9.61. The Labute approximate surface area is 199 Å². The second-order valence-electron chi connectivity index (χ2n) is 8.08. The van der Waals surface area contributed by atoms with E-state index in [0.717, 1.165) is 22.5 Å². The Bertz CT molecular complexity index is 1500. The lowest BCUT2D eigenvalue weighted by Crippen LogP contribution is -2.16. The van der Waals surface area contributed by atoms with E-state index in [2.05, 4.69) is 39.6 Å². The maximum atomic E-state index is 13.1. The summed E-state index contributed by atoms with van der Waals surface area (Å²) in [5.41, 5.74) is 4.11. The fraction of sp³-hybridized carbons (Fsp3) is 0.154. The molecule has 6 nitrogen and oxygen atoms in total. The first-order valence-corrected chi connectivity index (χ1v) is 11.9. The van der Waals surface area contributed by atoms with Crippen LogP contribution in [0.4, 0.5) is 4.39 Å². The molecule has 0 amide bonds. The molecule has 0 fully saturated rings. The van der Waals surface area contributed by atoms with Crippen molar-refractivity contribution in [2.75, 3.05) is 0 Å². The topological polar surface area (TPSA) is 76.5 Å². The molecule has 1 N–H and O–H groups in total. The molecule has 3 aromatic carbocycles. The Morgan fingerprint density at radius 2 is 1.82 bits per heavy atom. The van der Waals surface area contributed by atoms with Crippen molar-refractivity contribution in [2.24, 2.45) is 0 Å². The van der Waals surface area contributed by atoms with Crippen LogP contribution in [0.1, 0.15) is 28.1 Å². The smallest absolute Gasteiger partial charge is 0.254 e. The number of nitrogens with one attached hydrogen (secondary N) is 1. The third kappa shape index (κ3) is 4.92. The van der Waals surface area contributed by atoms with E-state index in [1.807, 2.05) is 31.3 Å². The molecule has 0 spiro atoms. The van der Waals surface area contributed by atoms with Crippen LogP contribution in [0.3, 0.4) is 0 Å². The van der Waals surface area contributed by atoms with E-state index in [9.17, 15) is 9.18 Å². The number of fused-ring (bicyclic) bond motifs is 1. The van der Waals surface area contributed by atoms with E-state index in [1.165, 1.54) is 34.7 Å². The van der Waals surface area contributed by atoms with Gasteiger partial charge in [0.1, 0.15) is 5.82 Å². The van der Waals surface area contributed by atoms with Gasteiger partial charge < -0.3 is 4.98 Å². The van der Waals surface area contributed by atoms with Crippen molar-refractivity contribution in [1.29, 1.82) is 0 Å². The summed E-state index contributed by atoms with van der Waals surface area (Å²) < 4.78 is 14.8. The average Bonchev–Trinajstić information content (AvgIpc) is 3.30. The highest BCUT2D eigenvalue weighted by Gasteiger charge is 2.12. The quantitative estimate of drug-likeness (QED) is 0.270. The molecule has 0 atom stereocenters. The lowest BCUT2D eigenvalue weighted by molar-refractivity contribution is 0.621. The van der Waals surface area contributed by atoms with Crippen LogP contribution in [-0.4, -0.2) is 25.0 Å². The van der Waals surface area contributed by atoms with Gasteiger partial charge in [0.25, 0.3) is 5.56 Å². The molecule has 0 bridgehead atoms. The molecule has 2 aromatic heterocycles. The van der Waals surface area contributed by atoms with Crippen LogP contribution >= 0.6 is 11.8 Å². The van der Waals surface area contributed by atoms with E-state index in [0.29, 0.717) is 29.4 Å². The van der Waals surface area contributed by atoms with Gasteiger partial charge in [-0.25, -0.2) is 14.1 Å². The molecule has 0 saturated carbocycles. The predicted octanol–water partition coefficient (Wildman–Crippen LogP) is 4.89. The van der Waals surface area contributed by atoms with Crippen LogP contribution < -0.4 is 5.56 Å². The molecule has 0 saturated heterocycles. The first kappa shape index (κ1) is 22.0. The zero-order chi connectivity index (χ0) is 23.5. The maximum absolute atomic E-state index is 13.1. The van der Waals surface area contributed by atoms with Crippen molar-refractivity contribution in [3.05, 3.63) is 117 Å². The molecule has 2 heterocycles. The number of hydrogen-bond donors (Lipinski definition) is 1. The number of hydrogen-bond acceptors (Lipinski definition) is 5. The van der Waals surface area contributed by atoms with Gasteiger partial charge in [-0.05, 0) is 41.0 Å². The molecule has 0 aliphatic carbocycles. The summed E-state index contributed by atoms with van der Waals surface area (Å²) in [4.78, 5) is 20.2. The van der Waals surface area contributed by atoms with Gasteiger partial charge in [0.05, 0.1) is 17.9 Å². The fourth-order valence-corrected chi connectivity index (χ4v) is 4.58. The Morgan fingerprint density at radius 1 is 1.03 bits per heavy atom. The standard InChI is InChI=1S/C26H22FN5OS/c1-17-24(13-20-7-4-6-19-5-2-3-8-23(19)20)28-26(29-25(17)33)34-16-22-15-32(31-30-22)14-18-9-11-21(27)12-10-18/h2-12,15H,13-14,16H2,1H3,(H,28,29,33). The summed E-state index contributed by atoms with van der Waals surface area (Å²) >= 11 is 1.41. The number of nitrogens with zero attached hydrogens (tertiary/aromatic N) is 4. The third-order valence-electron chi connectivity index (χ3n) is 5.67. The van der Waals surface area contributed by atoms with Crippen molar-refractivity contribution in [3.8, 4) is 0 Å². The van der Waals surface area contributed by atoms with Crippen molar-refractivity contribution in [2.45, 2.75) is 30.8 Å². The summed E-state index contributed by atoms with van der Waals surface area (Å²) in [5.74, 6) is 0.252. The number of aromatic nitrogens is 5. The third-order valence-corrected chi connectivity index (χ3v) is 6.58. The van der Waals surface area contributed by atoms with E-state index in [1.54, 1.807) is 16.8 Å². The van der Waals surface area contributed by atoms with Gasteiger partial charge in [0.15, 0.2) is 5.16 Å². The van der Waals surface area contributed by atoms with Crippen LogP contribution in [-0.2, 0) is 18.7 Å². The Hall–Kier alpha value is -3.78. The summed E-state index contributed by atoms with van der Waals surface area (Å²) in [7, 11) is 0. The molecule has 8 heteroatoms. The summed E-state index contributed by atoms with van der Waals surface area (Å²) in [6.45, 7) is 2.31. The number of halogens is 1. The summed E-state index contributed by atoms with van der Waals surface area (Å²) in [6, 6.07) is 20.7. The number of rotatable bonds is 7. The molecule has 0 aliphatic heterocycles. The zero-order valence-corrected chi connectivity index (χ0v) is 19.3. The van der Waals surface area contributed by atoms with E-state index in [4.69, 9.17) is 4.98 Å². The first-order valence-electron chi connectivity index (χ1n) is 10.9. The van der Waals surface area contributed by atoms with E-state index < -0.39 is 0 Å². The largest absolute Gasteiger partial charge is 0.301 e. The van der Waals surface area contributed by atoms with Crippen LogP contribution in [0.5, 0.6) is 0 Å². The summed E-state index contributed by atoms with van der Waals surface area (Å²) in [6.07, 6.45) is 2.43. The molecule has 0 unspecified atom stereocenters. The van der Waals surface area contributed by atoms with Gasteiger partial charge in [0.2, 0.25) is 0 Å². The molecule has 0 radical (unpaired) electrons. The van der Waals surface area contributed by atoms with Gasteiger partial charge >= 0.3 is 0 Å². The summed E-state index contributed by atoms with van der Waals surface area (Å²) in [5, 5.41) is 11.2. The zero-order valence-electron chi connectivity index (χ0n) is 18.5. The number of aromatic amines is 1. The monoisotopic (exact) mass is 471 g/mol. The van der Waals surface area contributed by atoms with Gasteiger partial charge in [0, 0.05) is 23.9 Å². The Morgan fingerprint density at radius 3 is 2.68 bits per heavy atom. The number of thioether (sulfide) groups is 1.